The van der Waals surface area contributed by atoms with Crippen LogP contribution >= 0.6 is 0 Å². The first kappa shape index (κ1) is 16.2. The third-order valence-corrected chi connectivity index (χ3v) is 5.82. The summed E-state index contributed by atoms with van der Waals surface area (Å²) in [6.07, 6.45) is 9.11. The maximum atomic E-state index is 6.09. The van der Waals surface area contributed by atoms with E-state index in [1.54, 1.807) is 14.2 Å². The summed E-state index contributed by atoms with van der Waals surface area (Å²) in [7, 11) is 3.41. The van der Waals surface area contributed by atoms with Crippen molar-refractivity contribution in [3.8, 4) is 0 Å². The van der Waals surface area contributed by atoms with E-state index in [0.29, 0.717) is 12.0 Å². The second-order valence-electron chi connectivity index (χ2n) is 7.00. The van der Waals surface area contributed by atoms with Crippen LogP contribution in [-0.2, 0) is 9.47 Å². The van der Waals surface area contributed by atoms with Gasteiger partial charge in [0.25, 0.3) is 0 Å². The molecule has 1 heterocycles. The molecule has 0 radical (unpaired) electrons. The normalized spacial score (nSPS) is 26.2. The Morgan fingerprint density at radius 3 is 2.10 bits per heavy atom. The summed E-state index contributed by atoms with van der Waals surface area (Å²) in [5, 5.41) is 0. The largest absolute Gasteiger partial charge is 0.356 e. The van der Waals surface area contributed by atoms with Crippen molar-refractivity contribution in [2.75, 3.05) is 33.9 Å². The van der Waals surface area contributed by atoms with Crippen LogP contribution in [0.4, 0.5) is 0 Å². The van der Waals surface area contributed by atoms with Crippen molar-refractivity contribution < 1.29 is 9.47 Å². The summed E-state index contributed by atoms with van der Waals surface area (Å²) in [4.78, 5) is 2.57. The highest BCUT2D eigenvalue weighted by molar-refractivity contribution is 4.96. The van der Waals surface area contributed by atoms with E-state index < -0.39 is 0 Å². The fraction of sp³-hybridized carbons (Fsp3) is 1.00. The van der Waals surface area contributed by atoms with Gasteiger partial charge in [0.2, 0.25) is 0 Å². The van der Waals surface area contributed by atoms with Gasteiger partial charge < -0.3 is 15.2 Å². The van der Waals surface area contributed by atoms with Crippen LogP contribution in [0.3, 0.4) is 0 Å². The molecule has 1 atom stereocenters. The molecule has 0 bridgehead atoms. The fourth-order valence-corrected chi connectivity index (χ4v) is 4.11. The Hall–Kier alpha value is -0.160. The molecule has 1 aliphatic carbocycles. The molecule has 1 aliphatic heterocycles. The lowest BCUT2D eigenvalue weighted by molar-refractivity contribution is -0.132. The predicted octanol–water partition coefficient (Wildman–Crippen LogP) is 2.37. The number of piperidine rings is 1. The van der Waals surface area contributed by atoms with Gasteiger partial charge in [0.1, 0.15) is 0 Å². The molecule has 1 spiro atoms. The van der Waals surface area contributed by atoms with Gasteiger partial charge in [-0.15, -0.1) is 0 Å². The smallest absolute Gasteiger partial charge is 0.158 e. The Balaban J connectivity index is 1.94. The van der Waals surface area contributed by atoms with Gasteiger partial charge in [0, 0.05) is 32.7 Å². The van der Waals surface area contributed by atoms with Crippen molar-refractivity contribution in [2.45, 2.75) is 63.7 Å². The lowest BCUT2D eigenvalue weighted by Crippen LogP contribution is -2.57. The number of hydrogen-bond donors (Lipinski definition) is 1. The van der Waals surface area contributed by atoms with Crippen molar-refractivity contribution in [2.24, 2.45) is 11.1 Å². The van der Waals surface area contributed by atoms with Crippen molar-refractivity contribution in [1.82, 2.24) is 4.90 Å². The van der Waals surface area contributed by atoms with Crippen LogP contribution < -0.4 is 5.73 Å². The minimum atomic E-state index is -0.161. The summed E-state index contributed by atoms with van der Waals surface area (Å²) >= 11 is 0. The predicted molar refractivity (Wildman–Crippen MR) is 81.6 cm³/mol. The lowest BCUT2D eigenvalue weighted by Gasteiger charge is -2.48. The minimum Gasteiger partial charge on any atom is -0.356 e. The SMILES string of the molecule is COC(CC(C)(CN)N1CCC2(CCCC2)CC1)OC. The highest BCUT2D eigenvalue weighted by atomic mass is 16.7. The van der Waals surface area contributed by atoms with Gasteiger partial charge in [-0.1, -0.05) is 12.8 Å². The van der Waals surface area contributed by atoms with Gasteiger partial charge in [-0.05, 0) is 51.1 Å². The fourth-order valence-electron chi connectivity index (χ4n) is 4.11. The van der Waals surface area contributed by atoms with E-state index in [1.165, 1.54) is 51.6 Å². The highest BCUT2D eigenvalue weighted by Crippen LogP contribution is 2.47. The Bertz CT molecular complexity index is 291. The van der Waals surface area contributed by atoms with E-state index >= 15 is 0 Å². The number of nitrogens with zero attached hydrogens (tertiary/aromatic N) is 1. The molecule has 118 valence electrons. The zero-order chi connectivity index (χ0) is 14.6. The average Bonchev–Trinajstić information content (AvgIpc) is 2.93. The molecular formula is C16H32N2O2. The van der Waals surface area contributed by atoms with Gasteiger partial charge in [0.05, 0.1) is 0 Å². The van der Waals surface area contributed by atoms with Crippen LogP contribution in [0.25, 0.3) is 0 Å². The number of rotatable bonds is 6. The average molecular weight is 284 g/mol. The third kappa shape index (κ3) is 3.35. The van der Waals surface area contributed by atoms with E-state index in [2.05, 4.69) is 11.8 Å². The standard InChI is InChI=1S/C16H32N2O2/c1-15(13-17,12-14(19-2)20-3)18-10-8-16(9-11-18)6-4-5-7-16/h14H,4-13,17H2,1-3H3. The molecule has 0 amide bonds. The van der Waals surface area contributed by atoms with E-state index in [0.717, 1.165) is 6.42 Å². The van der Waals surface area contributed by atoms with Crippen LogP contribution in [0.1, 0.15) is 51.9 Å². The van der Waals surface area contributed by atoms with E-state index in [1.807, 2.05) is 0 Å². The number of likely N-dealkylation sites (tertiary alicyclic amines) is 1. The molecule has 0 aromatic rings. The molecule has 1 saturated carbocycles. The van der Waals surface area contributed by atoms with E-state index in [4.69, 9.17) is 15.2 Å². The Morgan fingerprint density at radius 2 is 1.65 bits per heavy atom. The Morgan fingerprint density at radius 1 is 1.10 bits per heavy atom. The van der Waals surface area contributed by atoms with Crippen LogP contribution in [0.2, 0.25) is 0 Å². The number of methoxy groups -OCH3 is 2. The summed E-state index contributed by atoms with van der Waals surface area (Å²) in [5.41, 5.74) is 6.73. The summed E-state index contributed by atoms with van der Waals surface area (Å²) in [6, 6.07) is 0. The Labute approximate surface area is 124 Å². The van der Waals surface area contributed by atoms with Gasteiger partial charge in [-0.25, -0.2) is 0 Å². The van der Waals surface area contributed by atoms with Crippen LogP contribution in [0.15, 0.2) is 0 Å². The molecule has 1 unspecified atom stereocenters. The second-order valence-corrected chi connectivity index (χ2v) is 7.00. The molecule has 0 aromatic heterocycles. The second kappa shape index (κ2) is 6.73. The zero-order valence-corrected chi connectivity index (χ0v) is 13.5. The molecular weight excluding hydrogens is 252 g/mol. The minimum absolute atomic E-state index is 0.0170. The molecule has 2 N–H and O–H groups in total. The maximum Gasteiger partial charge on any atom is 0.158 e. The molecule has 2 rings (SSSR count). The third-order valence-electron chi connectivity index (χ3n) is 5.82. The van der Waals surface area contributed by atoms with Crippen molar-refractivity contribution in [1.29, 1.82) is 0 Å². The van der Waals surface area contributed by atoms with Gasteiger partial charge in [-0.2, -0.15) is 0 Å². The summed E-state index contributed by atoms with van der Waals surface area (Å²) in [5.74, 6) is 0. The summed E-state index contributed by atoms with van der Waals surface area (Å²) in [6.45, 7) is 5.26. The number of nitrogens with two attached hydrogens (primary N) is 1. The van der Waals surface area contributed by atoms with Crippen molar-refractivity contribution in [3.63, 3.8) is 0 Å². The lowest BCUT2D eigenvalue weighted by atomic mass is 9.75. The molecule has 4 nitrogen and oxygen atoms in total. The number of hydrogen-bond acceptors (Lipinski definition) is 4. The molecule has 20 heavy (non-hydrogen) atoms. The van der Waals surface area contributed by atoms with Gasteiger partial charge in [0.15, 0.2) is 6.29 Å². The van der Waals surface area contributed by atoms with Crippen molar-refractivity contribution in [3.05, 3.63) is 0 Å². The molecule has 1 saturated heterocycles. The first-order valence-corrected chi connectivity index (χ1v) is 8.08. The highest BCUT2D eigenvalue weighted by Gasteiger charge is 2.42. The van der Waals surface area contributed by atoms with Crippen LogP contribution in [0.5, 0.6) is 0 Å². The maximum absolute atomic E-state index is 6.09. The van der Waals surface area contributed by atoms with E-state index in [-0.39, 0.29) is 11.8 Å². The van der Waals surface area contributed by atoms with Crippen molar-refractivity contribution >= 4 is 0 Å². The van der Waals surface area contributed by atoms with Gasteiger partial charge in [-0.3, -0.25) is 4.90 Å². The molecule has 4 heteroatoms. The zero-order valence-electron chi connectivity index (χ0n) is 13.5. The number of ether oxygens (including phenoxy) is 2. The topological polar surface area (TPSA) is 47.7 Å². The first-order chi connectivity index (χ1) is 9.57. The monoisotopic (exact) mass is 284 g/mol. The molecule has 2 aliphatic rings. The summed E-state index contributed by atoms with van der Waals surface area (Å²) < 4.78 is 10.8. The quantitative estimate of drug-likeness (QED) is 0.761. The molecule has 0 aromatic carbocycles. The molecule has 2 fully saturated rings. The van der Waals surface area contributed by atoms with Gasteiger partial charge >= 0.3 is 0 Å². The Kier molecular flexibility index (Phi) is 5.46. The van der Waals surface area contributed by atoms with Crippen LogP contribution in [0, 0.1) is 5.41 Å². The first-order valence-electron chi connectivity index (χ1n) is 8.08. The van der Waals surface area contributed by atoms with E-state index in [9.17, 15) is 0 Å². The van der Waals surface area contributed by atoms with Crippen LogP contribution in [-0.4, -0.2) is 50.6 Å².